The highest BCUT2D eigenvalue weighted by Crippen LogP contribution is 2.26. The number of pyridine rings is 1. The maximum Gasteiger partial charge on any atom is 0.404 e. The summed E-state index contributed by atoms with van der Waals surface area (Å²) in [5.41, 5.74) is 7.62. The van der Waals surface area contributed by atoms with E-state index in [0.717, 1.165) is 5.52 Å². The summed E-state index contributed by atoms with van der Waals surface area (Å²) in [5.74, 6) is 0.658. The van der Waals surface area contributed by atoms with Crippen molar-refractivity contribution in [3.63, 3.8) is 0 Å². The lowest BCUT2D eigenvalue weighted by Crippen LogP contribution is -2.22. The van der Waals surface area contributed by atoms with Crippen molar-refractivity contribution in [1.29, 1.82) is 0 Å². The fourth-order valence-corrected chi connectivity index (χ4v) is 2.17. The second-order valence-electron chi connectivity index (χ2n) is 4.53. The van der Waals surface area contributed by atoms with Crippen LogP contribution in [-0.4, -0.2) is 42.6 Å². The zero-order valence-corrected chi connectivity index (χ0v) is 11.4. The normalized spacial score (nSPS) is 10.9. The van der Waals surface area contributed by atoms with E-state index in [4.69, 9.17) is 10.8 Å². The number of amides is 1. The van der Waals surface area contributed by atoms with E-state index in [1.807, 2.05) is 10.6 Å². The maximum absolute atomic E-state index is 10.5. The monoisotopic (exact) mass is 303 g/mol. The SMILES string of the molecule is Nc1nonc1-c1nc2cnccc2n1CCCNC(=O)O. The van der Waals surface area contributed by atoms with E-state index in [0.29, 0.717) is 36.5 Å². The first-order valence-electron chi connectivity index (χ1n) is 6.52. The van der Waals surface area contributed by atoms with Gasteiger partial charge >= 0.3 is 6.09 Å². The molecule has 0 aliphatic rings. The third kappa shape index (κ3) is 2.53. The molecule has 0 saturated heterocycles. The van der Waals surface area contributed by atoms with Gasteiger partial charge in [-0.05, 0) is 22.8 Å². The summed E-state index contributed by atoms with van der Waals surface area (Å²) in [6.45, 7) is 0.856. The van der Waals surface area contributed by atoms with Crippen LogP contribution < -0.4 is 11.1 Å². The maximum atomic E-state index is 10.5. The summed E-state index contributed by atoms with van der Waals surface area (Å²) in [7, 11) is 0. The summed E-state index contributed by atoms with van der Waals surface area (Å²) in [4.78, 5) is 19.0. The third-order valence-electron chi connectivity index (χ3n) is 3.11. The fourth-order valence-electron chi connectivity index (χ4n) is 2.17. The number of nitrogens with zero attached hydrogens (tertiary/aromatic N) is 5. The molecule has 3 heterocycles. The molecule has 3 rings (SSSR count). The van der Waals surface area contributed by atoms with Crippen LogP contribution in [0.1, 0.15) is 6.42 Å². The van der Waals surface area contributed by atoms with Crippen molar-refractivity contribution < 1.29 is 14.5 Å². The summed E-state index contributed by atoms with van der Waals surface area (Å²) < 4.78 is 6.51. The van der Waals surface area contributed by atoms with E-state index in [1.165, 1.54) is 0 Å². The van der Waals surface area contributed by atoms with E-state index in [2.05, 4.69) is 30.2 Å². The lowest BCUT2D eigenvalue weighted by atomic mass is 10.3. The Morgan fingerprint density at radius 1 is 1.45 bits per heavy atom. The molecule has 0 unspecified atom stereocenters. The quantitative estimate of drug-likeness (QED) is 0.584. The molecular formula is C12H13N7O3. The highest BCUT2D eigenvalue weighted by Gasteiger charge is 2.18. The Balaban J connectivity index is 1.95. The van der Waals surface area contributed by atoms with Gasteiger partial charge in [-0.15, -0.1) is 0 Å². The van der Waals surface area contributed by atoms with Crippen LogP contribution in [0.5, 0.6) is 0 Å². The van der Waals surface area contributed by atoms with Crippen LogP contribution in [0.2, 0.25) is 0 Å². The van der Waals surface area contributed by atoms with Gasteiger partial charge in [0.25, 0.3) is 0 Å². The molecule has 0 aliphatic carbocycles. The Hall–Kier alpha value is -3.17. The van der Waals surface area contributed by atoms with Gasteiger partial charge < -0.3 is 20.7 Å². The molecule has 1 amide bonds. The number of fused-ring (bicyclic) bond motifs is 1. The van der Waals surface area contributed by atoms with Gasteiger partial charge in [0.1, 0.15) is 5.52 Å². The standard InChI is InChI=1S/C12H13N7O3/c13-10-9(17-22-18-10)11-16-7-6-14-4-2-8(7)19(11)5-1-3-15-12(20)21/h2,4,6,15H,1,3,5H2,(H2,13,18)(H,20,21). The van der Waals surface area contributed by atoms with Gasteiger partial charge in [-0.25, -0.2) is 14.4 Å². The van der Waals surface area contributed by atoms with E-state index in [9.17, 15) is 4.79 Å². The van der Waals surface area contributed by atoms with Gasteiger partial charge in [0.2, 0.25) is 0 Å². The number of aryl methyl sites for hydroxylation is 1. The molecule has 22 heavy (non-hydrogen) atoms. The number of nitrogens with two attached hydrogens (primary N) is 1. The molecule has 0 radical (unpaired) electrons. The highest BCUT2D eigenvalue weighted by atomic mass is 16.6. The number of carboxylic acid groups (broad SMARTS) is 1. The van der Waals surface area contributed by atoms with Crippen LogP contribution in [-0.2, 0) is 6.54 Å². The van der Waals surface area contributed by atoms with Gasteiger partial charge in [0, 0.05) is 19.3 Å². The Kier molecular flexibility index (Phi) is 3.56. The van der Waals surface area contributed by atoms with E-state index in [-0.39, 0.29) is 5.82 Å². The van der Waals surface area contributed by atoms with Gasteiger partial charge in [-0.1, -0.05) is 0 Å². The Morgan fingerprint density at radius 2 is 2.32 bits per heavy atom. The predicted octanol–water partition coefficient (Wildman–Crippen LogP) is 0.721. The Bertz CT molecular complexity index is 810. The summed E-state index contributed by atoms with van der Waals surface area (Å²) >= 11 is 0. The summed E-state index contributed by atoms with van der Waals surface area (Å²) in [6, 6.07) is 1.82. The van der Waals surface area contributed by atoms with Crippen molar-refractivity contribution in [2.75, 3.05) is 12.3 Å². The van der Waals surface area contributed by atoms with Crippen molar-refractivity contribution in [3.8, 4) is 11.5 Å². The average molecular weight is 303 g/mol. The van der Waals surface area contributed by atoms with E-state index >= 15 is 0 Å². The minimum atomic E-state index is -1.05. The largest absolute Gasteiger partial charge is 0.465 e. The second kappa shape index (κ2) is 5.68. The molecule has 10 nitrogen and oxygen atoms in total. The molecule has 114 valence electrons. The molecule has 0 saturated carbocycles. The van der Waals surface area contributed by atoms with Gasteiger partial charge in [0.05, 0.1) is 11.7 Å². The van der Waals surface area contributed by atoms with Crippen LogP contribution in [0.4, 0.5) is 10.6 Å². The van der Waals surface area contributed by atoms with Crippen LogP contribution in [0.25, 0.3) is 22.6 Å². The lowest BCUT2D eigenvalue weighted by molar-refractivity contribution is 0.194. The van der Waals surface area contributed by atoms with E-state index in [1.54, 1.807) is 12.4 Å². The number of nitrogen functional groups attached to an aromatic ring is 1. The lowest BCUT2D eigenvalue weighted by Gasteiger charge is -2.07. The molecular weight excluding hydrogens is 290 g/mol. The predicted molar refractivity (Wildman–Crippen MR) is 75.9 cm³/mol. The Labute approximate surface area is 123 Å². The first kappa shape index (κ1) is 13.8. The molecule has 4 N–H and O–H groups in total. The number of hydrogen-bond acceptors (Lipinski definition) is 7. The molecule has 0 aliphatic heterocycles. The van der Waals surface area contributed by atoms with Gasteiger partial charge in [-0.2, -0.15) is 0 Å². The third-order valence-corrected chi connectivity index (χ3v) is 3.11. The molecule has 3 aromatic rings. The topological polar surface area (TPSA) is 145 Å². The molecule has 0 atom stereocenters. The smallest absolute Gasteiger partial charge is 0.404 e. The molecule has 0 bridgehead atoms. The summed E-state index contributed by atoms with van der Waals surface area (Å²) in [6.07, 6.45) is 2.82. The highest BCUT2D eigenvalue weighted by molar-refractivity contribution is 5.80. The van der Waals surface area contributed by atoms with Gasteiger partial charge in [-0.3, -0.25) is 4.98 Å². The number of rotatable bonds is 5. The number of anilines is 1. The zero-order chi connectivity index (χ0) is 15.5. The number of nitrogens with one attached hydrogen (secondary N) is 1. The zero-order valence-electron chi connectivity index (χ0n) is 11.4. The minimum Gasteiger partial charge on any atom is -0.465 e. The van der Waals surface area contributed by atoms with Crippen molar-refractivity contribution in [2.24, 2.45) is 0 Å². The van der Waals surface area contributed by atoms with Crippen LogP contribution >= 0.6 is 0 Å². The number of carbonyl (C=O) groups is 1. The molecule has 10 heteroatoms. The molecule has 0 spiro atoms. The number of hydrogen-bond donors (Lipinski definition) is 3. The van der Waals surface area contributed by atoms with Crippen molar-refractivity contribution in [1.82, 2.24) is 30.2 Å². The number of aromatic nitrogens is 5. The van der Waals surface area contributed by atoms with Crippen molar-refractivity contribution in [2.45, 2.75) is 13.0 Å². The van der Waals surface area contributed by atoms with Gasteiger partial charge in [0.15, 0.2) is 17.3 Å². The second-order valence-corrected chi connectivity index (χ2v) is 4.53. The molecule has 0 aromatic carbocycles. The van der Waals surface area contributed by atoms with Crippen LogP contribution in [0.3, 0.4) is 0 Å². The first-order valence-corrected chi connectivity index (χ1v) is 6.52. The van der Waals surface area contributed by atoms with E-state index < -0.39 is 6.09 Å². The average Bonchev–Trinajstić information content (AvgIpc) is 3.07. The Morgan fingerprint density at radius 3 is 3.05 bits per heavy atom. The minimum absolute atomic E-state index is 0.146. The summed E-state index contributed by atoms with van der Waals surface area (Å²) in [5, 5.41) is 18.2. The molecule has 0 fully saturated rings. The van der Waals surface area contributed by atoms with Crippen LogP contribution in [0, 0.1) is 0 Å². The first-order chi connectivity index (χ1) is 10.7. The molecule has 3 aromatic heterocycles. The fraction of sp³-hybridized carbons (Fsp3) is 0.250. The van der Waals surface area contributed by atoms with Crippen LogP contribution in [0.15, 0.2) is 23.1 Å². The van der Waals surface area contributed by atoms with Crippen molar-refractivity contribution >= 4 is 22.9 Å². The number of imidazole rings is 1. The van der Waals surface area contributed by atoms with Crippen molar-refractivity contribution in [3.05, 3.63) is 18.5 Å².